The largest absolute Gasteiger partial charge is 0.466 e. The topological polar surface area (TPSA) is 95.9 Å². The molecule has 0 heterocycles. The Morgan fingerprint density at radius 1 is 0.289 bits per heavy atom. The van der Waals surface area contributed by atoms with Crippen molar-refractivity contribution in [1.29, 1.82) is 0 Å². The third-order valence-corrected chi connectivity index (χ3v) is 18.7. The van der Waals surface area contributed by atoms with Crippen LogP contribution in [-0.2, 0) is 14.3 Å². The molecule has 0 aliphatic carbocycles. The van der Waals surface area contributed by atoms with E-state index in [9.17, 15) is 19.8 Å². The van der Waals surface area contributed by atoms with E-state index in [1.165, 1.54) is 385 Å². The standard InChI is InChI=1S/C77H153NO5/c1-3-5-7-9-11-13-15-16-17-43-46-50-53-57-61-65-69-75(80)74(73-79)78-76(81)70-66-62-58-54-51-47-44-41-39-37-35-33-31-29-27-25-23-21-19-18-20-22-24-26-28-30-32-34-36-38-40-42-45-48-52-56-60-64-68-72-83-77(82)71-67-63-59-55-49-14-12-10-8-6-4-2/h74-75,79-80H,3-73H2,1-2H3,(H,78,81). The fraction of sp³-hybridized carbons (Fsp3) is 0.974. The average molecular weight is 1170 g/mol. The highest BCUT2D eigenvalue weighted by Crippen LogP contribution is 2.20. The van der Waals surface area contributed by atoms with Crippen LogP contribution in [0.4, 0.5) is 0 Å². The molecule has 0 aliphatic heterocycles. The van der Waals surface area contributed by atoms with E-state index in [0.29, 0.717) is 25.9 Å². The van der Waals surface area contributed by atoms with Crippen molar-refractivity contribution >= 4 is 11.9 Å². The normalized spacial score (nSPS) is 12.4. The molecule has 1 amide bonds. The Balaban J connectivity index is 3.28. The van der Waals surface area contributed by atoms with Gasteiger partial charge in [-0.25, -0.2) is 0 Å². The van der Waals surface area contributed by atoms with Crippen molar-refractivity contribution in [3.8, 4) is 0 Å². The molecule has 0 rings (SSSR count). The second-order valence-corrected chi connectivity index (χ2v) is 27.1. The van der Waals surface area contributed by atoms with Gasteiger partial charge in [0.1, 0.15) is 0 Å². The summed E-state index contributed by atoms with van der Waals surface area (Å²) in [6, 6.07) is -0.535. The van der Waals surface area contributed by atoms with Crippen molar-refractivity contribution in [2.45, 2.75) is 469 Å². The highest BCUT2D eigenvalue weighted by atomic mass is 16.5. The Bertz CT molecular complexity index is 1210. The van der Waals surface area contributed by atoms with Crippen LogP contribution in [0.1, 0.15) is 457 Å². The van der Waals surface area contributed by atoms with Crippen LogP contribution in [0.15, 0.2) is 0 Å². The van der Waals surface area contributed by atoms with Crippen LogP contribution < -0.4 is 5.32 Å². The maximum absolute atomic E-state index is 12.5. The first kappa shape index (κ1) is 81.9. The number of esters is 1. The molecule has 2 atom stereocenters. The molecule has 2 unspecified atom stereocenters. The lowest BCUT2D eigenvalue weighted by atomic mass is 10.0. The molecular formula is C77H153NO5. The quantitative estimate of drug-likeness (QED) is 0.0417. The van der Waals surface area contributed by atoms with Crippen LogP contribution in [0.25, 0.3) is 0 Å². The molecule has 0 fully saturated rings. The van der Waals surface area contributed by atoms with Gasteiger partial charge in [-0.15, -0.1) is 0 Å². The summed E-state index contributed by atoms with van der Waals surface area (Å²) in [6.07, 6.45) is 90.6. The number of carbonyl (C=O) groups excluding carboxylic acids is 2. The first-order chi connectivity index (χ1) is 41.0. The Hall–Kier alpha value is -1.14. The van der Waals surface area contributed by atoms with Gasteiger partial charge in [0.25, 0.3) is 0 Å². The van der Waals surface area contributed by atoms with E-state index in [-0.39, 0.29) is 18.5 Å². The highest BCUT2D eigenvalue weighted by Gasteiger charge is 2.20. The second-order valence-electron chi connectivity index (χ2n) is 27.1. The van der Waals surface area contributed by atoms with Crippen LogP contribution in [0.3, 0.4) is 0 Å². The highest BCUT2D eigenvalue weighted by molar-refractivity contribution is 5.76. The minimum Gasteiger partial charge on any atom is -0.466 e. The van der Waals surface area contributed by atoms with E-state index in [0.717, 1.165) is 38.5 Å². The number of aliphatic hydroxyl groups excluding tert-OH is 2. The Morgan fingerprint density at radius 2 is 0.494 bits per heavy atom. The van der Waals surface area contributed by atoms with E-state index < -0.39 is 12.1 Å². The lowest BCUT2D eigenvalue weighted by Crippen LogP contribution is -2.45. The van der Waals surface area contributed by atoms with Gasteiger partial charge in [-0.2, -0.15) is 0 Å². The van der Waals surface area contributed by atoms with E-state index in [4.69, 9.17) is 4.74 Å². The molecule has 0 aromatic heterocycles. The summed E-state index contributed by atoms with van der Waals surface area (Å²) < 4.78 is 5.48. The van der Waals surface area contributed by atoms with Gasteiger partial charge in [0.15, 0.2) is 0 Å². The predicted octanol–water partition coefficient (Wildman–Crippen LogP) is 25.3. The minimum absolute atomic E-state index is 0.0243. The zero-order valence-corrected chi connectivity index (χ0v) is 57.0. The van der Waals surface area contributed by atoms with Crippen LogP contribution in [0, 0.1) is 0 Å². The smallest absolute Gasteiger partial charge is 0.305 e. The monoisotopic (exact) mass is 1170 g/mol. The molecule has 0 radical (unpaired) electrons. The zero-order chi connectivity index (χ0) is 59.9. The molecule has 0 saturated heterocycles. The van der Waals surface area contributed by atoms with Gasteiger partial charge in [0, 0.05) is 12.8 Å². The number of nitrogens with one attached hydrogen (secondary N) is 1. The number of hydrogen-bond donors (Lipinski definition) is 3. The fourth-order valence-electron chi connectivity index (χ4n) is 12.8. The number of aliphatic hydroxyl groups is 2. The SMILES string of the molecule is CCCCCCCCCCCCCCCCCCC(O)C(CO)NC(=O)CCCCCCCCCCCCCCCCCCCCCCCCCCCCCCCCCCCCCCCCCOC(=O)CCCCCCCCCCCCC. The van der Waals surface area contributed by atoms with Gasteiger partial charge in [-0.3, -0.25) is 9.59 Å². The van der Waals surface area contributed by atoms with Crippen LogP contribution in [0.2, 0.25) is 0 Å². The molecule has 0 aromatic carbocycles. The van der Waals surface area contributed by atoms with Crippen LogP contribution in [-0.4, -0.2) is 47.4 Å². The van der Waals surface area contributed by atoms with Crippen molar-refractivity contribution in [3.05, 3.63) is 0 Å². The number of ether oxygens (including phenoxy) is 1. The molecule has 496 valence electrons. The Kier molecular flexibility index (Phi) is 72.3. The number of rotatable bonds is 74. The second kappa shape index (κ2) is 73.3. The van der Waals surface area contributed by atoms with E-state index in [1.807, 2.05) is 0 Å². The van der Waals surface area contributed by atoms with Crippen LogP contribution in [0.5, 0.6) is 0 Å². The van der Waals surface area contributed by atoms with E-state index >= 15 is 0 Å². The molecule has 83 heavy (non-hydrogen) atoms. The number of unbranched alkanes of at least 4 members (excludes halogenated alkanes) is 63. The van der Waals surface area contributed by atoms with Crippen molar-refractivity contribution < 1.29 is 24.5 Å². The number of hydrogen-bond acceptors (Lipinski definition) is 5. The molecule has 0 aliphatic rings. The van der Waals surface area contributed by atoms with E-state index in [1.54, 1.807) is 0 Å². The lowest BCUT2D eigenvalue weighted by molar-refractivity contribution is -0.143. The molecule has 6 nitrogen and oxygen atoms in total. The van der Waals surface area contributed by atoms with Gasteiger partial charge in [-0.1, -0.05) is 418 Å². The van der Waals surface area contributed by atoms with Crippen molar-refractivity contribution in [2.75, 3.05) is 13.2 Å². The summed E-state index contributed by atoms with van der Waals surface area (Å²) in [5.41, 5.74) is 0. The maximum atomic E-state index is 12.5. The minimum atomic E-state index is -0.659. The molecular weight excluding hydrogens is 1020 g/mol. The van der Waals surface area contributed by atoms with E-state index in [2.05, 4.69) is 19.2 Å². The summed E-state index contributed by atoms with van der Waals surface area (Å²) in [5, 5.41) is 23.4. The number of carbonyl (C=O) groups is 2. The van der Waals surface area contributed by atoms with Gasteiger partial charge in [0.2, 0.25) is 5.91 Å². The third kappa shape index (κ3) is 69.8. The Labute approximate surface area is 521 Å². The summed E-state index contributed by atoms with van der Waals surface area (Å²) in [7, 11) is 0. The lowest BCUT2D eigenvalue weighted by Gasteiger charge is -2.22. The summed E-state index contributed by atoms with van der Waals surface area (Å²) in [4.78, 5) is 24.5. The first-order valence-electron chi connectivity index (χ1n) is 38.8. The van der Waals surface area contributed by atoms with Crippen LogP contribution >= 0.6 is 0 Å². The predicted molar refractivity (Wildman–Crippen MR) is 366 cm³/mol. The fourth-order valence-corrected chi connectivity index (χ4v) is 12.8. The van der Waals surface area contributed by atoms with Gasteiger partial charge >= 0.3 is 5.97 Å². The molecule has 0 bridgehead atoms. The van der Waals surface area contributed by atoms with Gasteiger partial charge in [0.05, 0.1) is 25.4 Å². The molecule has 0 spiro atoms. The van der Waals surface area contributed by atoms with Crippen molar-refractivity contribution in [2.24, 2.45) is 0 Å². The molecule has 3 N–H and O–H groups in total. The van der Waals surface area contributed by atoms with Crippen molar-refractivity contribution in [1.82, 2.24) is 5.32 Å². The zero-order valence-electron chi connectivity index (χ0n) is 57.0. The summed E-state index contributed by atoms with van der Waals surface area (Å²) in [6.45, 7) is 5.00. The maximum Gasteiger partial charge on any atom is 0.305 e. The van der Waals surface area contributed by atoms with Gasteiger partial charge < -0.3 is 20.3 Å². The third-order valence-electron chi connectivity index (χ3n) is 18.7. The molecule has 0 saturated carbocycles. The molecule has 6 heteroatoms. The first-order valence-corrected chi connectivity index (χ1v) is 38.8. The Morgan fingerprint density at radius 3 is 0.735 bits per heavy atom. The summed E-state index contributed by atoms with van der Waals surface area (Å²) >= 11 is 0. The van der Waals surface area contributed by atoms with Gasteiger partial charge in [-0.05, 0) is 25.7 Å². The molecule has 0 aromatic rings. The average Bonchev–Trinajstić information content (AvgIpc) is 3.50. The van der Waals surface area contributed by atoms with Crippen molar-refractivity contribution in [3.63, 3.8) is 0 Å². The number of amides is 1. The summed E-state index contributed by atoms with van der Waals surface area (Å²) in [5.74, 6) is 0.000566.